The van der Waals surface area contributed by atoms with E-state index in [0.717, 1.165) is 34.8 Å². The van der Waals surface area contributed by atoms with Crippen LogP contribution >= 0.6 is 11.6 Å². The van der Waals surface area contributed by atoms with Crippen LogP contribution in [0.2, 0.25) is 0 Å². The van der Waals surface area contributed by atoms with E-state index < -0.39 is 0 Å². The number of nitrogens with zero attached hydrogens (tertiary/aromatic N) is 1. The Morgan fingerprint density at radius 3 is 3.12 bits per heavy atom. The molecule has 1 aromatic heterocycles. The molecule has 0 saturated carbocycles. The number of aldehydes is 1. The number of alkyl halides is 1. The summed E-state index contributed by atoms with van der Waals surface area (Å²) in [4.78, 5) is 13.1. The van der Waals surface area contributed by atoms with Gasteiger partial charge in [-0.3, -0.25) is 9.69 Å². The van der Waals surface area contributed by atoms with Crippen molar-refractivity contribution in [3.63, 3.8) is 0 Å². The van der Waals surface area contributed by atoms with Crippen molar-refractivity contribution >= 4 is 28.9 Å². The maximum atomic E-state index is 11.0. The maximum absolute atomic E-state index is 11.0. The summed E-state index contributed by atoms with van der Waals surface area (Å²) in [5, 5.41) is 1.06. The van der Waals surface area contributed by atoms with Crippen molar-refractivity contribution < 1.29 is 9.21 Å². The highest BCUT2D eigenvalue weighted by atomic mass is 35.5. The number of likely N-dealkylation sites (N-methyl/N-ethyl adjacent to an activating group) is 1. The molecule has 0 spiro atoms. The average molecular weight is 250 g/mol. The van der Waals surface area contributed by atoms with E-state index in [0.29, 0.717) is 12.3 Å². The number of carbonyl (C=O) groups excluding carboxylic acids is 1. The predicted octanol–water partition coefficient (Wildman–Crippen LogP) is 2.80. The van der Waals surface area contributed by atoms with Crippen molar-refractivity contribution in [3.05, 3.63) is 35.1 Å². The molecule has 0 bridgehead atoms. The van der Waals surface area contributed by atoms with Crippen LogP contribution in [0.4, 0.5) is 0 Å². The van der Waals surface area contributed by atoms with Crippen LogP contribution in [0.1, 0.15) is 21.7 Å². The van der Waals surface area contributed by atoms with Gasteiger partial charge in [0.25, 0.3) is 0 Å². The monoisotopic (exact) mass is 249 g/mol. The fourth-order valence-corrected chi connectivity index (χ4v) is 2.65. The summed E-state index contributed by atoms with van der Waals surface area (Å²) in [6.45, 7) is 0.645. The quantitative estimate of drug-likeness (QED) is 0.443. The highest BCUT2D eigenvalue weighted by Gasteiger charge is 2.25. The summed E-state index contributed by atoms with van der Waals surface area (Å²) in [5.74, 6) is 0.421. The van der Waals surface area contributed by atoms with Crippen LogP contribution in [0.25, 0.3) is 11.0 Å². The summed E-state index contributed by atoms with van der Waals surface area (Å²) in [6.07, 6.45) is 1.54. The van der Waals surface area contributed by atoms with E-state index in [9.17, 15) is 4.79 Å². The van der Waals surface area contributed by atoms with Crippen LogP contribution in [-0.4, -0.2) is 23.7 Å². The zero-order valence-electron chi connectivity index (χ0n) is 9.44. The Kier molecular flexibility index (Phi) is 2.45. The van der Waals surface area contributed by atoms with Crippen LogP contribution in [0.5, 0.6) is 0 Å². The molecule has 0 saturated heterocycles. The van der Waals surface area contributed by atoms with Gasteiger partial charge >= 0.3 is 0 Å². The van der Waals surface area contributed by atoms with Gasteiger partial charge in [0.15, 0.2) is 12.0 Å². The van der Waals surface area contributed by atoms with Gasteiger partial charge in [-0.05, 0) is 18.7 Å². The summed E-state index contributed by atoms with van der Waals surface area (Å²) < 4.78 is 5.56. The van der Waals surface area contributed by atoms with E-state index in [1.165, 1.54) is 0 Å². The van der Waals surface area contributed by atoms with Gasteiger partial charge in [0.2, 0.25) is 0 Å². The van der Waals surface area contributed by atoms with Crippen molar-refractivity contribution in [1.82, 2.24) is 4.90 Å². The molecule has 0 amide bonds. The number of hydrogen-bond acceptors (Lipinski definition) is 3. The highest BCUT2D eigenvalue weighted by molar-refractivity contribution is 6.20. The third-order valence-corrected chi connectivity index (χ3v) is 3.80. The molecular formula is C13H12ClNO2. The number of halogens is 1. The molecule has 1 atom stereocenters. The molecule has 3 rings (SSSR count). The Balaban J connectivity index is 2.33. The zero-order chi connectivity index (χ0) is 12.0. The molecule has 2 heterocycles. The first-order chi connectivity index (χ1) is 8.20. The number of carbonyl (C=O) groups is 1. The number of hydrogen-bond donors (Lipinski definition) is 0. The van der Waals surface area contributed by atoms with Crippen molar-refractivity contribution in [2.45, 2.75) is 18.5 Å². The minimum absolute atomic E-state index is 0.0486. The van der Waals surface area contributed by atoms with Gasteiger partial charge in [0, 0.05) is 23.9 Å². The van der Waals surface area contributed by atoms with Crippen molar-refractivity contribution in [2.75, 3.05) is 7.05 Å². The Morgan fingerprint density at radius 2 is 2.35 bits per heavy atom. The molecule has 0 fully saturated rings. The number of benzene rings is 1. The summed E-state index contributed by atoms with van der Waals surface area (Å²) in [6, 6.07) is 5.88. The first-order valence-electron chi connectivity index (χ1n) is 5.53. The van der Waals surface area contributed by atoms with E-state index in [1.54, 1.807) is 0 Å². The lowest BCUT2D eigenvalue weighted by molar-refractivity contribution is 0.110. The van der Waals surface area contributed by atoms with E-state index in [2.05, 4.69) is 0 Å². The van der Waals surface area contributed by atoms with Gasteiger partial charge in [-0.15, -0.1) is 11.6 Å². The van der Waals surface area contributed by atoms with E-state index >= 15 is 0 Å². The van der Waals surface area contributed by atoms with Crippen LogP contribution in [0.3, 0.4) is 0 Å². The molecule has 2 aromatic rings. The van der Waals surface area contributed by atoms with E-state index in [4.69, 9.17) is 16.0 Å². The standard InChI is InChI=1S/C13H12ClNO2/c1-15-6-9-11(7-16)17-10-4-2-3-8(13(9)10)5-12(15)14/h2-4,7,12H,5-6H2,1H3. The highest BCUT2D eigenvalue weighted by Crippen LogP contribution is 2.33. The van der Waals surface area contributed by atoms with Gasteiger partial charge in [-0.25, -0.2) is 0 Å². The van der Waals surface area contributed by atoms with Crippen LogP contribution in [0.15, 0.2) is 22.6 Å². The molecule has 3 nitrogen and oxygen atoms in total. The summed E-state index contributed by atoms with van der Waals surface area (Å²) in [5.41, 5.74) is 2.83. The smallest absolute Gasteiger partial charge is 0.185 e. The van der Waals surface area contributed by atoms with Gasteiger partial charge < -0.3 is 4.42 Å². The van der Waals surface area contributed by atoms with E-state index in [-0.39, 0.29) is 5.50 Å². The third kappa shape index (κ3) is 1.58. The molecule has 0 N–H and O–H groups in total. The molecule has 4 heteroatoms. The average Bonchev–Trinajstić information content (AvgIpc) is 2.61. The zero-order valence-corrected chi connectivity index (χ0v) is 10.2. The molecule has 0 aliphatic carbocycles. The summed E-state index contributed by atoms with van der Waals surface area (Å²) in [7, 11) is 1.96. The van der Waals surface area contributed by atoms with Crippen LogP contribution in [0, 0.1) is 0 Å². The lowest BCUT2D eigenvalue weighted by Gasteiger charge is -2.19. The molecule has 17 heavy (non-hydrogen) atoms. The van der Waals surface area contributed by atoms with Crippen molar-refractivity contribution in [3.8, 4) is 0 Å². The van der Waals surface area contributed by atoms with Crippen molar-refractivity contribution in [1.29, 1.82) is 0 Å². The van der Waals surface area contributed by atoms with Gasteiger partial charge in [-0.2, -0.15) is 0 Å². The molecular weight excluding hydrogens is 238 g/mol. The molecule has 1 aliphatic rings. The molecule has 1 unspecified atom stereocenters. The predicted molar refractivity (Wildman–Crippen MR) is 66.4 cm³/mol. The first-order valence-corrected chi connectivity index (χ1v) is 5.97. The topological polar surface area (TPSA) is 33.5 Å². The third-order valence-electron chi connectivity index (χ3n) is 3.31. The van der Waals surface area contributed by atoms with Crippen LogP contribution < -0.4 is 0 Å². The fourth-order valence-electron chi connectivity index (χ4n) is 2.42. The minimum atomic E-state index is -0.0486. The first kappa shape index (κ1) is 10.8. The Labute approximate surface area is 104 Å². The second kappa shape index (κ2) is 3.86. The minimum Gasteiger partial charge on any atom is -0.453 e. The SMILES string of the molecule is CN1Cc2c(C=O)oc3cccc(c23)CC1Cl. The number of rotatable bonds is 1. The maximum Gasteiger partial charge on any atom is 0.185 e. The Morgan fingerprint density at radius 1 is 1.53 bits per heavy atom. The largest absolute Gasteiger partial charge is 0.453 e. The van der Waals surface area contributed by atoms with E-state index in [1.807, 2.05) is 30.1 Å². The lowest BCUT2D eigenvalue weighted by atomic mass is 10.0. The van der Waals surface area contributed by atoms with Gasteiger partial charge in [-0.1, -0.05) is 12.1 Å². The van der Waals surface area contributed by atoms with Crippen LogP contribution in [-0.2, 0) is 13.0 Å². The van der Waals surface area contributed by atoms with Gasteiger partial charge in [0.05, 0.1) is 5.50 Å². The Bertz CT molecular complexity index is 590. The lowest BCUT2D eigenvalue weighted by Crippen LogP contribution is -2.26. The summed E-state index contributed by atoms with van der Waals surface area (Å²) >= 11 is 6.31. The molecule has 88 valence electrons. The molecule has 0 radical (unpaired) electrons. The van der Waals surface area contributed by atoms with Crippen molar-refractivity contribution in [2.24, 2.45) is 0 Å². The number of furan rings is 1. The van der Waals surface area contributed by atoms with Gasteiger partial charge in [0.1, 0.15) is 5.58 Å². The molecule has 1 aromatic carbocycles. The fraction of sp³-hybridized carbons (Fsp3) is 0.308. The second-order valence-corrected chi connectivity index (χ2v) is 4.91. The second-order valence-electron chi connectivity index (χ2n) is 4.41. The normalized spacial score (nSPS) is 20.5. The molecule has 1 aliphatic heterocycles. The Hall–Kier alpha value is -1.32.